The van der Waals surface area contributed by atoms with Crippen molar-refractivity contribution in [2.75, 3.05) is 0 Å². The van der Waals surface area contributed by atoms with E-state index in [4.69, 9.17) is 0 Å². The first-order valence-electron chi connectivity index (χ1n) is 9.84. The molecular formula is C20H36N4+2. The molecule has 0 spiro atoms. The van der Waals surface area contributed by atoms with Gasteiger partial charge in [-0.15, -0.1) is 0 Å². The van der Waals surface area contributed by atoms with Crippen LogP contribution in [0, 0.1) is 0 Å². The molecule has 2 aromatic rings. The van der Waals surface area contributed by atoms with Gasteiger partial charge < -0.3 is 0 Å². The molecule has 0 aliphatic rings. The van der Waals surface area contributed by atoms with Crippen LogP contribution in [0.25, 0.3) is 0 Å². The molecule has 0 radical (unpaired) electrons. The third-order valence-corrected chi connectivity index (χ3v) is 4.91. The smallest absolute Gasteiger partial charge is 0.237 e. The van der Waals surface area contributed by atoms with E-state index >= 15 is 0 Å². The van der Waals surface area contributed by atoms with Crippen molar-refractivity contribution in [1.29, 1.82) is 0 Å². The summed E-state index contributed by atoms with van der Waals surface area (Å²) in [4.78, 5) is 0. The molecule has 2 heterocycles. The van der Waals surface area contributed by atoms with Crippen molar-refractivity contribution in [3.8, 4) is 0 Å². The Balaban J connectivity index is 1.56. The van der Waals surface area contributed by atoms with Gasteiger partial charge in [-0.1, -0.05) is 20.3 Å². The minimum Gasteiger partial charge on any atom is -0.237 e. The van der Waals surface area contributed by atoms with Crippen molar-refractivity contribution >= 4 is 0 Å². The van der Waals surface area contributed by atoms with Gasteiger partial charge >= 0.3 is 0 Å². The van der Waals surface area contributed by atoms with Crippen molar-refractivity contribution in [3.05, 3.63) is 37.4 Å². The number of imidazole rings is 2. The standard InChI is InChI=1S/C20H36N4/c1-4-6-11-21-14-15-22(18-21)12-9-7-8-10-13-23-16-17-24(19-23)20(3)5-2/h14-20H,4-13H2,1-3H3/q+2. The number of rotatable bonds is 12. The summed E-state index contributed by atoms with van der Waals surface area (Å²) in [5.41, 5.74) is 0. The van der Waals surface area contributed by atoms with Gasteiger partial charge in [0.15, 0.2) is 0 Å². The SMILES string of the molecule is CCCC[n+]1ccn(CCCCCC[n+]2ccn(C(C)CC)c2)c1. The lowest BCUT2D eigenvalue weighted by Gasteiger charge is -2.02. The summed E-state index contributed by atoms with van der Waals surface area (Å²) >= 11 is 0. The number of aryl methyl sites for hydroxylation is 3. The van der Waals surface area contributed by atoms with Gasteiger partial charge in [0.05, 0.1) is 25.7 Å². The van der Waals surface area contributed by atoms with Gasteiger partial charge in [0.2, 0.25) is 12.7 Å². The topological polar surface area (TPSA) is 17.6 Å². The van der Waals surface area contributed by atoms with Crippen LogP contribution in [0.4, 0.5) is 0 Å². The minimum atomic E-state index is 0.605. The third-order valence-electron chi connectivity index (χ3n) is 4.91. The maximum absolute atomic E-state index is 2.33. The summed E-state index contributed by atoms with van der Waals surface area (Å²) in [6, 6.07) is 0.605. The van der Waals surface area contributed by atoms with Crippen molar-refractivity contribution in [1.82, 2.24) is 9.13 Å². The van der Waals surface area contributed by atoms with Crippen LogP contribution in [0.5, 0.6) is 0 Å². The van der Waals surface area contributed by atoms with E-state index in [0.717, 1.165) is 19.6 Å². The Morgan fingerprint density at radius 3 is 2.33 bits per heavy atom. The van der Waals surface area contributed by atoms with Gasteiger partial charge in [-0.2, -0.15) is 0 Å². The van der Waals surface area contributed by atoms with Crippen LogP contribution in [-0.4, -0.2) is 9.13 Å². The molecule has 0 saturated heterocycles. The molecule has 0 saturated carbocycles. The fraction of sp³-hybridized carbons (Fsp3) is 0.700. The van der Waals surface area contributed by atoms with Gasteiger partial charge in [-0.3, -0.25) is 0 Å². The van der Waals surface area contributed by atoms with E-state index < -0.39 is 0 Å². The molecular weight excluding hydrogens is 296 g/mol. The van der Waals surface area contributed by atoms with Gasteiger partial charge in [0.25, 0.3) is 0 Å². The maximum Gasteiger partial charge on any atom is 0.243 e. The Morgan fingerprint density at radius 1 is 0.833 bits per heavy atom. The monoisotopic (exact) mass is 332 g/mol. The highest BCUT2D eigenvalue weighted by molar-refractivity contribution is 4.71. The summed E-state index contributed by atoms with van der Waals surface area (Å²) in [7, 11) is 0. The van der Waals surface area contributed by atoms with E-state index in [2.05, 4.69) is 76.5 Å². The number of hydrogen-bond donors (Lipinski definition) is 0. The molecule has 0 aromatic carbocycles. The highest BCUT2D eigenvalue weighted by Crippen LogP contribution is 2.07. The van der Waals surface area contributed by atoms with E-state index in [9.17, 15) is 0 Å². The van der Waals surface area contributed by atoms with Crippen LogP contribution in [0.3, 0.4) is 0 Å². The first-order valence-corrected chi connectivity index (χ1v) is 9.84. The summed E-state index contributed by atoms with van der Waals surface area (Å²) in [5, 5.41) is 0. The fourth-order valence-electron chi connectivity index (χ4n) is 3.00. The minimum absolute atomic E-state index is 0.605. The second-order valence-corrected chi connectivity index (χ2v) is 7.01. The number of hydrogen-bond acceptors (Lipinski definition) is 0. The average molecular weight is 333 g/mol. The Kier molecular flexibility index (Phi) is 8.06. The number of unbranched alkanes of at least 4 members (excludes halogenated alkanes) is 4. The highest BCUT2D eigenvalue weighted by Gasteiger charge is 2.09. The third kappa shape index (κ3) is 6.14. The van der Waals surface area contributed by atoms with E-state index in [1.807, 2.05) is 0 Å². The predicted molar refractivity (Wildman–Crippen MR) is 97.6 cm³/mol. The lowest BCUT2D eigenvalue weighted by atomic mass is 10.2. The average Bonchev–Trinajstić information content (AvgIpc) is 3.25. The molecule has 0 fully saturated rings. The zero-order chi connectivity index (χ0) is 17.2. The van der Waals surface area contributed by atoms with Gasteiger partial charge in [0.1, 0.15) is 24.8 Å². The number of aromatic nitrogens is 4. The molecule has 0 aliphatic heterocycles. The summed E-state index contributed by atoms with van der Waals surface area (Å²) < 4.78 is 9.29. The lowest BCUT2D eigenvalue weighted by molar-refractivity contribution is -0.697. The Labute approximate surface area is 147 Å². The molecule has 0 N–H and O–H groups in total. The summed E-state index contributed by atoms with van der Waals surface area (Å²) in [5.74, 6) is 0. The largest absolute Gasteiger partial charge is 0.243 e. The molecule has 2 aromatic heterocycles. The van der Waals surface area contributed by atoms with Crippen molar-refractivity contribution < 1.29 is 9.13 Å². The second kappa shape index (κ2) is 10.3. The molecule has 4 heteroatoms. The van der Waals surface area contributed by atoms with Crippen LogP contribution >= 0.6 is 0 Å². The van der Waals surface area contributed by atoms with Crippen LogP contribution in [0.2, 0.25) is 0 Å². The van der Waals surface area contributed by atoms with E-state index in [0.29, 0.717) is 6.04 Å². The van der Waals surface area contributed by atoms with Crippen molar-refractivity contribution in [2.45, 2.75) is 91.4 Å². The molecule has 0 amide bonds. The normalized spacial score (nSPS) is 12.6. The summed E-state index contributed by atoms with van der Waals surface area (Å²) in [6.45, 7) is 10.2. The van der Waals surface area contributed by atoms with Gasteiger partial charge in [-0.05, 0) is 45.4 Å². The van der Waals surface area contributed by atoms with Crippen LogP contribution in [-0.2, 0) is 19.6 Å². The molecule has 24 heavy (non-hydrogen) atoms. The van der Waals surface area contributed by atoms with E-state index in [1.165, 1.54) is 44.9 Å². The second-order valence-electron chi connectivity index (χ2n) is 7.01. The molecule has 2 rings (SSSR count). The van der Waals surface area contributed by atoms with E-state index in [-0.39, 0.29) is 0 Å². The van der Waals surface area contributed by atoms with Crippen molar-refractivity contribution in [2.24, 2.45) is 0 Å². The summed E-state index contributed by atoms with van der Waals surface area (Å²) in [6.07, 6.45) is 22.2. The van der Waals surface area contributed by atoms with Gasteiger partial charge in [0, 0.05) is 0 Å². The van der Waals surface area contributed by atoms with Crippen LogP contribution < -0.4 is 9.13 Å². The molecule has 1 atom stereocenters. The first-order chi connectivity index (χ1) is 11.7. The molecule has 0 bridgehead atoms. The maximum atomic E-state index is 2.33. The fourth-order valence-corrected chi connectivity index (χ4v) is 3.00. The molecule has 4 nitrogen and oxygen atoms in total. The highest BCUT2D eigenvalue weighted by atomic mass is 15.1. The van der Waals surface area contributed by atoms with Crippen LogP contribution in [0.1, 0.15) is 71.8 Å². The molecule has 0 aliphatic carbocycles. The Morgan fingerprint density at radius 2 is 1.54 bits per heavy atom. The van der Waals surface area contributed by atoms with E-state index in [1.54, 1.807) is 0 Å². The number of nitrogens with zero attached hydrogens (tertiary/aromatic N) is 4. The zero-order valence-corrected chi connectivity index (χ0v) is 15.9. The Hall–Kier alpha value is -1.58. The predicted octanol–water partition coefficient (Wildman–Crippen LogP) is 3.90. The van der Waals surface area contributed by atoms with Crippen molar-refractivity contribution in [3.63, 3.8) is 0 Å². The quantitative estimate of drug-likeness (QED) is 0.414. The van der Waals surface area contributed by atoms with Gasteiger partial charge in [-0.25, -0.2) is 18.3 Å². The molecule has 134 valence electrons. The zero-order valence-electron chi connectivity index (χ0n) is 15.9. The lowest BCUT2D eigenvalue weighted by Crippen LogP contribution is -2.31. The van der Waals surface area contributed by atoms with Crippen LogP contribution in [0.15, 0.2) is 37.4 Å². The first kappa shape index (κ1) is 18.8. The Bertz CT molecular complexity index is 570. The molecule has 1 unspecified atom stereocenters.